The van der Waals surface area contributed by atoms with Gasteiger partial charge in [-0.1, -0.05) is 48.9 Å². The molecule has 3 rings (SSSR count). The lowest BCUT2D eigenvalue weighted by Gasteiger charge is -2.41. The maximum atomic E-state index is 10.1. The van der Waals surface area contributed by atoms with E-state index in [4.69, 9.17) is 0 Å². The van der Waals surface area contributed by atoms with E-state index in [9.17, 15) is 5.11 Å². The molecule has 0 spiro atoms. The van der Waals surface area contributed by atoms with Gasteiger partial charge >= 0.3 is 0 Å². The first-order chi connectivity index (χ1) is 10.1. The number of nitrogens with one attached hydrogen (secondary N) is 1. The first kappa shape index (κ1) is 14.2. The number of aliphatic hydroxyl groups is 1. The Hall–Kier alpha value is -1.80. The van der Waals surface area contributed by atoms with Crippen molar-refractivity contribution in [3.8, 4) is 0 Å². The first-order valence-corrected chi connectivity index (χ1v) is 7.70. The molecule has 2 aromatic rings. The summed E-state index contributed by atoms with van der Waals surface area (Å²) in [6, 6.07) is 16.9. The maximum Gasteiger partial charge on any atom is 0.0859 e. The van der Waals surface area contributed by atoms with Crippen molar-refractivity contribution in [1.82, 2.24) is 0 Å². The van der Waals surface area contributed by atoms with Gasteiger partial charge in [-0.05, 0) is 48.9 Å². The van der Waals surface area contributed by atoms with E-state index < -0.39 is 0 Å². The average molecular weight is 281 g/mol. The predicted molar refractivity (Wildman–Crippen MR) is 87.7 cm³/mol. The van der Waals surface area contributed by atoms with E-state index in [1.807, 2.05) is 0 Å². The van der Waals surface area contributed by atoms with Crippen LogP contribution in [0.25, 0.3) is 0 Å². The van der Waals surface area contributed by atoms with Gasteiger partial charge in [0, 0.05) is 5.69 Å². The molecule has 0 aromatic heterocycles. The fourth-order valence-corrected chi connectivity index (χ4v) is 3.36. The van der Waals surface area contributed by atoms with Crippen molar-refractivity contribution in [1.29, 1.82) is 0 Å². The van der Waals surface area contributed by atoms with Crippen LogP contribution in [0.15, 0.2) is 48.5 Å². The molecule has 2 unspecified atom stereocenters. The third kappa shape index (κ3) is 2.56. The van der Waals surface area contributed by atoms with E-state index in [-0.39, 0.29) is 12.1 Å². The van der Waals surface area contributed by atoms with E-state index in [0.29, 0.717) is 5.92 Å². The lowest BCUT2D eigenvalue weighted by Crippen LogP contribution is -2.42. The lowest BCUT2D eigenvalue weighted by molar-refractivity contribution is 0.190. The van der Waals surface area contributed by atoms with Gasteiger partial charge in [0.2, 0.25) is 0 Å². The second-order valence-corrected chi connectivity index (χ2v) is 6.26. The molecule has 0 bridgehead atoms. The highest BCUT2D eigenvalue weighted by atomic mass is 16.3. The summed E-state index contributed by atoms with van der Waals surface area (Å²) >= 11 is 0. The highest BCUT2D eigenvalue weighted by Crippen LogP contribution is 2.42. The number of aliphatic hydroxyl groups excluding tert-OH is 1. The van der Waals surface area contributed by atoms with Crippen LogP contribution in [0.3, 0.4) is 0 Å². The summed E-state index contributed by atoms with van der Waals surface area (Å²) in [5.74, 6) is 0.556. The molecule has 2 heteroatoms. The summed E-state index contributed by atoms with van der Waals surface area (Å²) < 4.78 is 0. The van der Waals surface area contributed by atoms with Crippen molar-refractivity contribution >= 4 is 5.69 Å². The molecule has 2 N–H and O–H groups in total. The summed E-state index contributed by atoms with van der Waals surface area (Å²) in [7, 11) is 0. The van der Waals surface area contributed by atoms with Crippen molar-refractivity contribution in [3.63, 3.8) is 0 Å². The number of aryl methyl sites for hydroxylation is 1. The standard InChI is InChI=1S/C19H23NO/c1-14-7-9-16(10-8-14)20-19(13-21)12-11-15(2)17-5-3-4-6-18(17)19/h3-10,15,20-21H,11-13H2,1-2H3. The normalized spacial score (nSPS) is 24.4. The van der Waals surface area contributed by atoms with Gasteiger partial charge in [-0.25, -0.2) is 0 Å². The van der Waals surface area contributed by atoms with Crippen LogP contribution in [0.4, 0.5) is 5.69 Å². The number of anilines is 1. The minimum absolute atomic E-state index is 0.116. The van der Waals surface area contributed by atoms with Gasteiger partial charge in [-0.15, -0.1) is 0 Å². The molecule has 0 amide bonds. The first-order valence-electron chi connectivity index (χ1n) is 7.70. The van der Waals surface area contributed by atoms with Crippen molar-refractivity contribution < 1.29 is 5.11 Å². The molecule has 0 heterocycles. The molecular formula is C19H23NO. The maximum absolute atomic E-state index is 10.1. The minimum Gasteiger partial charge on any atom is -0.394 e. The van der Waals surface area contributed by atoms with Gasteiger partial charge in [0.1, 0.15) is 0 Å². The van der Waals surface area contributed by atoms with Crippen LogP contribution < -0.4 is 5.32 Å². The van der Waals surface area contributed by atoms with E-state index in [0.717, 1.165) is 18.5 Å². The Morgan fingerprint density at radius 3 is 2.57 bits per heavy atom. The summed E-state index contributed by atoms with van der Waals surface area (Å²) in [4.78, 5) is 0. The lowest BCUT2D eigenvalue weighted by atomic mass is 9.72. The molecule has 2 nitrogen and oxygen atoms in total. The zero-order chi connectivity index (χ0) is 14.9. The van der Waals surface area contributed by atoms with Crippen LogP contribution in [-0.4, -0.2) is 11.7 Å². The van der Waals surface area contributed by atoms with Crippen molar-refractivity contribution in [2.24, 2.45) is 0 Å². The molecular weight excluding hydrogens is 258 g/mol. The van der Waals surface area contributed by atoms with Crippen LogP contribution in [0.1, 0.15) is 42.4 Å². The van der Waals surface area contributed by atoms with Crippen molar-refractivity contribution in [2.75, 3.05) is 11.9 Å². The van der Waals surface area contributed by atoms with Crippen LogP contribution >= 0.6 is 0 Å². The largest absolute Gasteiger partial charge is 0.394 e. The highest BCUT2D eigenvalue weighted by Gasteiger charge is 2.38. The van der Waals surface area contributed by atoms with Gasteiger partial charge in [0.25, 0.3) is 0 Å². The van der Waals surface area contributed by atoms with Crippen molar-refractivity contribution in [2.45, 2.75) is 38.1 Å². The summed E-state index contributed by atoms with van der Waals surface area (Å²) in [6.45, 7) is 4.47. The van der Waals surface area contributed by atoms with Crippen LogP contribution in [0, 0.1) is 6.92 Å². The number of hydrogen-bond acceptors (Lipinski definition) is 2. The molecule has 0 fully saturated rings. The molecule has 2 aromatic carbocycles. The van der Waals surface area contributed by atoms with Crippen molar-refractivity contribution in [3.05, 3.63) is 65.2 Å². The third-order valence-corrected chi connectivity index (χ3v) is 4.72. The molecule has 0 radical (unpaired) electrons. The van der Waals surface area contributed by atoms with E-state index in [1.165, 1.54) is 16.7 Å². The van der Waals surface area contributed by atoms with E-state index in [1.54, 1.807) is 0 Å². The van der Waals surface area contributed by atoms with Gasteiger partial charge in [-0.3, -0.25) is 0 Å². The Bertz CT molecular complexity index is 620. The fraction of sp³-hybridized carbons (Fsp3) is 0.368. The zero-order valence-corrected chi connectivity index (χ0v) is 12.8. The topological polar surface area (TPSA) is 32.3 Å². The Morgan fingerprint density at radius 2 is 1.86 bits per heavy atom. The van der Waals surface area contributed by atoms with Gasteiger partial charge in [0.05, 0.1) is 12.1 Å². The quantitative estimate of drug-likeness (QED) is 0.884. The summed E-state index contributed by atoms with van der Waals surface area (Å²) in [5, 5.41) is 13.7. The second-order valence-electron chi connectivity index (χ2n) is 6.26. The second kappa shape index (κ2) is 5.53. The molecule has 0 saturated carbocycles. The van der Waals surface area contributed by atoms with Gasteiger partial charge < -0.3 is 10.4 Å². The number of rotatable bonds is 3. The smallest absolute Gasteiger partial charge is 0.0859 e. The number of benzene rings is 2. The summed E-state index contributed by atoms with van der Waals surface area (Å²) in [5.41, 5.74) is 4.55. The number of hydrogen-bond donors (Lipinski definition) is 2. The Labute approximate surface area is 126 Å². The SMILES string of the molecule is Cc1ccc(NC2(CO)CCC(C)c3ccccc32)cc1. The fourth-order valence-electron chi connectivity index (χ4n) is 3.36. The summed E-state index contributed by atoms with van der Waals surface area (Å²) in [6.07, 6.45) is 2.05. The molecule has 21 heavy (non-hydrogen) atoms. The molecule has 0 saturated heterocycles. The average Bonchev–Trinajstić information content (AvgIpc) is 2.53. The van der Waals surface area contributed by atoms with Gasteiger partial charge in [0.15, 0.2) is 0 Å². The molecule has 1 aliphatic rings. The molecule has 0 aliphatic heterocycles. The molecule has 1 aliphatic carbocycles. The Kier molecular flexibility index (Phi) is 3.73. The minimum atomic E-state index is -0.363. The van der Waals surface area contributed by atoms with Crippen LogP contribution in [-0.2, 0) is 5.54 Å². The monoisotopic (exact) mass is 281 g/mol. The third-order valence-electron chi connectivity index (χ3n) is 4.72. The Balaban J connectivity index is 2.01. The molecule has 2 atom stereocenters. The number of fused-ring (bicyclic) bond motifs is 1. The van der Waals surface area contributed by atoms with E-state index in [2.05, 4.69) is 67.7 Å². The van der Waals surface area contributed by atoms with Gasteiger partial charge in [-0.2, -0.15) is 0 Å². The van der Waals surface area contributed by atoms with Crippen LogP contribution in [0.2, 0.25) is 0 Å². The van der Waals surface area contributed by atoms with Crippen LogP contribution in [0.5, 0.6) is 0 Å². The highest BCUT2D eigenvalue weighted by molar-refractivity contribution is 5.52. The van der Waals surface area contributed by atoms with E-state index >= 15 is 0 Å². The Morgan fingerprint density at radius 1 is 1.14 bits per heavy atom. The zero-order valence-electron chi connectivity index (χ0n) is 12.8. The predicted octanol–water partition coefficient (Wildman–Crippen LogP) is 4.19. The molecule has 110 valence electrons.